The minimum atomic E-state index is -0.341. The molecule has 0 aliphatic carbocycles. The molecule has 2 rings (SSSR count). The Morgan fingerprint density at radius 2 is 2.31 bits per heavy atom. The van der Waals surface area contributed by atoms with Gasteiger partial charge in [-0.1, -0.05) is 27.5 Å². The Kier molecular flexibility index (Phi) is 2.58. The minimum absolute atomic E-state index is 0.166. The molecule has 4 heteroatoms. The van der Waals surface area contributed by atoms with Crippen molar-refractivity contribution in [2.75, 3.05) is 6.61 Å². The van der Waals surface area contributed by atoms with E-state index in [0.717, 1.165) is 11.1 Å². The number of hydrogen-bond donors (Lipinski definition) is 0. The van der Waals surface area contributed by atoms with Crippen molar-refractivity contribution >= 4 is 27.5 Å². The van der Waals surface area contributed by atoms with Crippen LogP contribution >= 0.6 is 27.5 Å². The zero-order valence-corrected chi connectivity index (χ0v) is 9.03. The molecule has 70 valence electrons. The van der Waals surface area contributed by atoms with Gasteiger partial charge in [0, 0.05) is 16.5 Å². The molecule has 1 heterocycles. The summed E-state index contributed by atoms with van der Waals surface area (Å²) in [5.41, 5.74) is 0.606. The van der Waals surface area contributed by atoms with E-state index in [9.17, 15) is 4.39 Å². The zero-order chi connectivity index (χ0) is 9.42. The van der Waals surface area contributed by atoms with Crippen LogP contribution in [0, 0.1) is 5.82 Å². The van der Waals surface area contributed by atoms with Crippen molar-refractivity contribution in [2.45, 2.75) is 12.5 Å². The van der Waals surface area contributed by atoms with Crippen molar-refractivity contribution in [3.63, 3.8) is 0 Å². The van der Waals surface area contributed by atoms with Crippen LogP contribution in [0.15, 0.2) is 16.6 Å². The molecule has 0 aromatic heterocycles. The number of rotatable bonds is 2. The average molecular weight is 266 g/mol. The normalized spacial score (nSPS) is 20.4. The molecule has 1 atom stereocenters. The molecule has 0 amide bonds. The Labute approximate surface area is 89.0 Å². The van der Waals surface area contributed by atoms with Gasteiger partial charge in [-0.2, -0.15) is 0 Å². The van der Waals surface area contributed by atoms with Crippen LogP contribution < -0.4 is 0 Å². The molecule has 0 saturated carbocycles. The Hall–Kier alpha value is -0.120. The first-order valence-corrected chi connectivity index (χ1v) is 5.09. The number of hydrogen-bond acceptors (Lipinski definition) is 1. The third-order valence-corrected chi connectivity index (χ3v) is 3.01. The fourth-order valence-electron chi connectivity index (χ4n) is 1.17. The van der Waals surface area contributed by atoms with Crippen LogP contribution in [0.3, 0.4) is 0 Å². The van der Waals surface area contributed by atoms with Crippen molar-refractivity contribution < 1.29 is 9.13 Å². The highest BCUT2D eigenvalue weighted by Gasteiger charge is 2.25. The summed E-state index contributed by atoms with van der Waals surface area (Å²) in [6.07, 6.45) is 0.761. The average Bonchev–Trinajstić information content (AvgIpc) is 2.89. The SMILES string of the molecule is Fc1c(Cl)ccc(Br)c1CC1CO1. The minimum Gasteiger partial charge on any atom is -0.373 e. The Bertz CT molecular complexity index is 339. The third kappa shape index (κ3) is 2.03. The van der Waals surface area contributed by atoms with Crippen LogP contribution in [-0.2, 0) is 11.2 Å². The lowest BCUT2D eigenvalue weighted by molar-refractivity contribution is 0.404. The smallest absolute Gasteiger partial charge is 0.146 e. The van der Waals surface area contributed by atoms with Crippen molar-refractivity contribution in [1.82, 2.24) is 0 Å². The Morgan fingerprint density at radius 3 is 2.92 bits per heavy atom. The molecule has 1 aromatic rings. The zero-order valence-electron chi connectivity index (χ0n) is 6.69. The van der Waals surface area contributed by atoms with E-state index in [1.165, 1.54) is 6.07 Å². The largest absolute Gasteiger partial charge is 0.373 e. The molecule has 0 spiro atoms. The number of epoxide rings is 1. The maximum Gasteiger partial charge on any atom is 0.146 e. The molecule has 0 radical (unpaired) electrons. The highest BCUT2D eigenvalue weighted by atomic mass is 79.9. The Balaban J connectivity index is 2.34. The van der Waals surface area contributed by atoms with Crippen LogP contribution in [-0.4, -0.2) is 12.7 Å². The van der Waals surface area contributed by atoms with Crippen LogP contribution in [0.2, 0.25) is 5.02 Å². The first kappa shape index (κ1) is 9.44. The molecule has 0 N–H and O–H groups in total. The van der Waals surface area contributed by atoms with E-state index in [1.54, 1.807) is 6.07 Å². The van der Waals surface area contributed by atoms with Crippen molar-refractivity contribution in [3.05, 3.63) is 33.0 Å². The second kappa shape index (κ2) is 3.56. The summed E-state index contributed by atoms with van der Waals surface area (Å²) in [5.74, 6) is -0.341. The summed E-state index contributed by atoms with van der Waals surface area (Å²) < 4.78 is 19.2. The molecule has 1 unspecified atom stereocenters. The summed E-state index contributed by atoms with van der Waals surface area (Å²) >= 11 is 8.94. The van der Waals surface area contributed by atoms with Gasteiger partial charge < -0.3 is 4.74 Å². The highest BCUT2D eigenvalue weighted by molar-refractivity contribution is 9.10. The van der Waals surface area contributed by atoms with Gasteiger partial charge in [0.05, 0.1) is 17.7 Å². The lowest BCUT2D eigenvalue weighted by Gasteiger charge is -2.05. The molecule has 1 saturated heterocycles. The maximum absolute atomic E-state index is 13.4. The van der Waals surface area contributed by atoms with E-state index >= 15 is 0 Å². The summed E-state index contributed by atoms with van der Waals surface area (Å²) in [4.78, 5) is 0. The van der Waals surface area contributed by atoms with Crippen molar-refractivity contribution in [3.8, 4) is 0 Å². The van der Waals surface area contributed by atoms with E-state index in [-0.39, 0.29) is 16.9 Å². The number of ether oxygens (including phenoxy) is 1. The molecule has 1 fully saturated rings. The molecule has 1 aliphatic rings. The lowest BCUT2D eigenvalue weighted by Crippen LogP contribution is -1.98. The van der Waals surface area contributed by atoms with Gasteiger partial charge in [-0.15, -0.1) is 0 Å². The summed E-state index contributed by atoms with van der Waals surface area (Å²) in [6, 6.07) is 3.29. The van der Waals surface area contributed by atoms with Gasteiger partial charge in [-0.05, 0) is 12.1 Å². The van der Waals surface area contributed by atoms with Gasteiger partial charge in [-0.3, -0.25) is 0 Å². The van der Waals surface area contributed by atoms with Crippen molar-refractivity contribution in [1.29, 1.82) is 0 Å². The maximum atomic E-state index is 13.4. The summed E-state index contributed by atoms with van der Waals surface area (Å²) in [5, 5.41) is 0.166. The second-order valence-corrected chi connectivity index (χ2v) is 4.24. The van der Waals surface area contributed by atoms with Crippen molar-refractivity contribution in [2.24, 2.45) is 0 Å². The molecule has 1 aromatic carbocycles. The predicted octanol–water partition coefficient (Wildman–Crippen LogP) is 3.18. The fourth-order valence-corrected chi connectivity index (χ4v) is 1.81. The van der Waals surface area contributed by atoms with Gasteiger partial charge >= 0.3 is 0 Å². The first-order valence-electron chi connectivity index (χ1n) is 3.92. The van der Waals surface area contributed by atoms with Crippen LogP contribution in [0.4, 0.5) is 4.39 Å². The molecule has 0 bridgehead atoms. The monoisotopic (exact) mass is 264 g/mol. The van der Waals surface area contributed by atoms with E-state index in [2.05, 4.69) is 15.9 Å². The van der Waals surface area contributed by atoms with Crippen LogP contribution in [0.1, 0.15) is 5.56 Å². The van der Waals surface area contributed by atoms with Crippen LogP contribution in [0.5, 0.6) is 0 Å². The van der Waals surface area contributed by atoms with Gasteiger partial charge in [-0.25, -0.2) is 4.39 Å². The van der Waals surface area contributed by atoms with E-state index in [4.69, 9.17) is 16.3 Å². The van der Waals surface area contributed by atoms with Gasteiger partial charge in [0.25, 0.3) is 0 Å². The quantitative estimate of drug-likeness (QED) is 0.591. The van der Waals surface area contributed by atoms with Crippen LogP contribution in [0.25, 0.3) is 0 Å². The van der Waals surface area contributed by atoms with Gasteiger partial charge in [0.15, 0.2) is 0 Å². The standard InChI is InChI=1S/C9H7BrClFO/c10-7-1-2-8(11)9(12)6(7)3-5-4-13-5/h1-2,5H,3-4H2. The van der Waals surface area contributed by atoms with E-state index in [1.807, 2.05) is 0 Å². The fraction of sp³-hybridized carbons (Fsp3) is 0.333. The second-order valence-electron chi connectivity index (χ2n) is 2.98. The van der Waals surface area contributed by atoms with E-state index < -0.39 is 0 Å². The third-order valence-electron chi connectivity index (χ3n) is 1.97. The lowest BCUT2D eigenvalue weighted by atomic mass is 10.1. The van der Waals surface area contributed by atoms with E-state index in [0.29, 0.717) is 12.0 Å². The Morgan fingerprint density at radius 1 is 1.62 bits per heavy atom. The topological polar surface area (TPSA) is 12.5 Å². The highest BCUT2D eigenvalue weighted by Crippen LogP contribution is 2.29. The van der Waals surface area contributed by atoms with Gasteiger partial charge in [0.1, 0.15) is 5.82 Å². The molecule has 1 nitrogen and oxygen atoms in total. The summed E-state index contributed by atoms with van der Waals surface area (Å²) in [6.45, 7) is 0.721. The molecular weight excluding hydrogens is 258 g/mol. The summed E-state index contributed by atoms with van der Waals surface area (Å²) in [7, 11) is 0. The number of halogens is 3. The molecule has 13 heavy (non-hydrogen) atoms. The predicted molar refractivity (Wildman–Crippen MR) is 52.6 cm³/mol. The molecule has 1 aliphatic heterocycles. The van der Waals surface area contributed by atoms with Gasteiger partial charge in [0.2, 0.25) is 0 Å². The first-order chi connectivity index (χ1) is 6.18. The number of benzene rings is 1. The molecular formula is C9H7BrClFO.